The molecule has 0 radical (unpaired) electrons. The quantitative estimate of drug-likeness (QED) is 0.838. The predicted molar refractivity (Wildman–Crippen MR) is 61.6 cm³/mol. The summed E-state index contributed by atoms with van der Waals surface area (Å²) in [6.45, 7) is 3.32. The lowest BCUT2D eigenvalue weighted by Crippen LogP contribution is -2.04. The number of hydrogen-bond acceptors (Lipinski definition) is 5. The highest BCUT2D eigenvalue weighted by Gasteiger charge is 2.29. The largest absolute Gasteiger partial charge is 0.476 e. The third-order valence-electron chi connectivity index (χ3n) is 2.67. The third-order valence-corrected chi connectivity index (χ3v) is 3.92. The van der Waals surface area contributed by atoms with Gasteiger partial charge in [0, 0.05) is 6.92 Å². The number of rotatable bonds is 3. The molecule has 0 saturated carbocycles. The van der Waals surface area contributed by atoms with Crippen LogP contribution in [0.2, 0.25) is 0 Å². The highest BCUT2D eigenvalue weighted by molar-refractivity contribution is 7.14. The number of Topliss-reactive ketones (excluding diaryl/α,β-unsaturated/α-hetero) is 1. The molecule has 1 fully saturated rings. The topological polar surface area (TPSA) is 76.5 Å². The van der Waals surface area contributed by atoms with Gasteiger partial charge in [-0.15, -0.1) is 11.3 Å². The van der Waals surface area contributed by atoms with Gasteiger partial charge in [-0.2, -0.15) is 0 Å². The van der Waals surface area contributed by atoms with E-state index < -0.39 is 5.97 Å². The van der Waals surface area contributed by atoms with Crippen LogP contribution in [0.15, 0.2) is 0 Å². The Labute approximate surface area is 102 Å². The Morgan fingerprint density at radius 3 is 2.59 bits per heavy atom. The summed E-state index contributed by atoms with van der Waals surface area (Å²) in [7, 11) is 0. The van der Waals surface area contributed by atoms with E-state index in [1.54, 1.807) is 0 Å². The maximum Gasteiger partial charge on any atom is 0.356 e. The molecule has 1 aliphatic heterocycles. The van der Waals surface area contributed by atoms with Crippen LogP contribution in [0, 0.1) is 0 Å². The Morgan fingerprint density at radius 1 is 1.47 bits per heavy atom. The molecule has 2 rings (SSSR count). The van der Waals surface area contributed by atoms with Gasteiger partial charge in [-0.1, -0.05) is 0 Å². The Bertz CT molecular complexity index is 437. The van der Waals surface area contributed by atoms with E-state index in [-0.39, 0.29) is 28.6 Å². The van der Waals surface area contributed by atoms with Crippen molar-refractivity contribution in [3.63, 3.8) is 0 Å². The first-order chi connectivity index (χ1) is 7.99. The van der Waals surface area contributed by atoms with E-state index in [4.69, 9.17) is 9.84 Å². The maximum absolute atomic E-state index is 11.3. The lowest BCUT2D eigenvalue weighted by Gasteiger charge is -2.06. The van der Waals surface area contributed by atoms with Gasteiger partial charge in [-0.25, -0.2) is 9.78 Å². The molecule has 2 heterocycles. The van der Waals surface area contributed by atoms with Crippen LogP contribution in [0.3, 0.4) is 0 Å². The molecule has 5 nitrogen and oxygen atoms in total. The second kappa shape index (κ2) is 4.54. The second-order valence-corrected chi connectivity index (χ2v) is 5.13. The molecule has 2 unspecified atom stereocenters. The van der Waals surface area contributed by atoms with Gasteiger partial charge in [0.1, 0.15) is 16.0 Å². The Hall–Kier alpha value is -1.27. The minimum atomic E-state index is -1.16. The lowest BCUT2D eigenvalue weighted by atomic mass is 10.2. The first-order valence-electron chi connectivity index (χ1n) is 5.39. The molecular weight excluding hydrogens is 242 g/mol. The second-order valence-electron chi connectivity index (χ2n) is 4.10. The zero-order chi connectivity index (χ0) is 12.6. The van der Waals surface area contributed by atoms with Gasteiger partial charge in [0.15, 0.2) is 11.5 Å². The number of carboxylic acids is 1. The summed E-state index contributed by atoms with van der Waals surface area (Å²) >= 11 is 1.13. The third kappa shape index (κ3) is 2.37. The van der Waals surface area contributed by atoms with Crippen molar-refractivity contribution in [3.05, 3.63) is 15.6 Å². The van der Waals surface area contributed by atoms with Crippen molar-refractivity contribution in [2.45, 2.75) is 38.9 Å². The van der Waals surface area contributed by atoms with Crippen molar-refractivity contribution in [2.75, 3.05) is 0 Å². The molecule has 0 aromatic carbocycles. The monoisotopic (exact) mass is 255 g/mol. The number of ether oxygens (including phenoxy) is 1. The standard InChI is InChI=1S/C11H13NO4S/c1-5-3-4-7(16-5)10-12-8(11(14)15)9(17-10)6(2)13/h5,7H,3-4H2,1-2H3,(H,14,15). The lowest BCUT2D eigenvalue weighted by molar-refractivity contribution is 0.0550. The molecule has 2 atom stereocenters. The van der Waals surface area contributed by atoms with Crippen LogP contribution < -0.4 is 0 Å². The van der Waals surface area contributed by atoms with E-state index in [1.165, 1.54) is 6.92 Å². The van der Waals surface area contributed by atoms with Gasteiger partial charge >= 0.3 is 5.97 Å². The molecule has 0 aliphatic carbocycles. The Kier molecular flexibility index (Phi) is 3.26. The average Bonchev–Trinajstić information content (AvgIpc) is 2.82. The smallest absolute Gasteiger partial charge is 0.356 e. The number of nitrogens with zero attached hydrogens (tertiary/aromatic N) is 1. The molecule has 17 heavy (non-hydrogen) atoms. The van der Waals surface area contributed by atoms with Crippen molar-refractivity contribution >= 4 is 23.1 Å². The zero-order valence-corrected chi connectivity index (χ0v) is 10.4. The van der Waals surface area contributed by atoms with Crippen LogP contribution in [0.5, 0.6) is 0 Å². The fourth-order valence-electron chi connectivity index (χ4n) is 1.84. The van der Waals surface area contributed by atoms with Crippen LogP contribution in [0.4, 0.5) is 0 Å². The molecule has 92 valence electrons. The SMILES string of the molecule is CC(=O)c1sc(C2CCC(C)O2)nc1C(=O)O. The molecule has 1 aromatic heterocycles. The average molecular weight is 255 g/mol. The summed E-state index contributed by atoms with van der Waals surface area (Å²) in [5.41, 5.74) is -0.152. The van der Waals surface area contributed by atoms with Crippen LogP contribution >= 0.6 is 11.3 Å². The number of aromatic carboxylic acids is 1. The van der Waals surface area contributed by atoms with Gasteiger partial charge in [0.25, 0.3) is 0 Å². The van der Waals surface area contributed by atoms with Gasteiger partial charge in [0.2, 0.25) is 0 Å². The highest BCUT2D eigenvalue weighted by atomic mass is 32.1. The van der Waals surface area contributed by atoms with Gasteiger partial charge in [0.05, 0.1) is 6.10 Å². The number of carbonyl (C=O) groups excluding carboxylic acids is 1. The summed E-state index contributed by atoms with van der Waals surface area (Å²) in [5.74, 6) is -1.43. The predicted octanol–water partition coefficient (Wildman–Crippen LogP) is 2.28. The normalized spacial score (nSPS) is 23.9. The minimum absolute atomic E-state index is 0.152. The van der Waals surface area contributed by atoms with Crippen LogP contribution in [-0.4, -0.2) is 27.9 Å². The number of thiazole rings is 1. The van der Waals surface area contributed by atoms with Crippen molar-refractivity contribution in [3.8, 4) is 0 Å². The minimum Gasteiger partial charge on any atom is -0.476 e. The first-order valence-corrected chi connectivity index (χ1v) is 6.21. The van der Waals surface area contributed by atoms with E-state index in [9.17, 15) is 9.59 Å². The van der Waals surface area contributed by atoms with Gasteiger partial charge in [-0.05, 0) is 19.8 Å². The van der Waals surface area contributed by atoms with E-state index in [0.717, 1.165) is 24.2 Å². The Balaban J connectivity index is 2.33. The summed E-state index contributed by atoms with van der Waals surface area (Å²) in [4.78, 5) is 26.5. The van der Waals surface area contributed by atoms with E-state index in [0.29, 0.717) is 5.01 Å². The van der Waals surface area contributed by atoms with Crippen molar-refractivity contribution in [1.82, 2.24) is 4.98 Å². The van der Waals surface area contributed by atoms with Crippen molar-refractivity contribution in [2.24, 2.45) is 0 Å². The molecule has 6 heteroatoms. The molecule has 0 spiro atoms. The fraction of sp³-hybridized carbons (Fsp3) is 0.545. The maximum atomic E-state index is 11.3. The summed E-state index contributed by atoms with van der Waals surface area (Å²) in [5, 5.41) is 9.57. The van der Waals surface area contributed by atoms with Crippen molar-refractivity contribution in [1.29, 1.82) is 0 Å². The molecular formula is C11H13NO4S. The zero-order valence-electron chi connectivity index (χ0n) is 9.60. The number of carbonyl (C=O) groups is 2. The van der Waals surface area contributed by atoms with Gasteiger partial charge < -0.3 is 9.84 Å². The van der Waals surface area contributed by atoms with Crippen LogP contribution in [-0.2, 0) is 4.74 Å². The number of carboxylic acid groups (broad SMARTS) is 1. The van der Waals surface area contributed by atoms with Gasteiger partial charge in [-0.3, -0.25) is 4.79 Å². The van der Waals surface area contributed by atoms with Crippen LogP contribution in [0.25, 0.3) is 0 Å². The summed E-state index contributed by atoms with van der Waals surface area (Å²) in [6, 6.07) is 0. The molecule has 0 amide bonds. The van der Waals surface area contributed by atoms with E-state index in [1.807, 2.05) is 6.92 Å². The highest BCUT2D eigenvalue weighted by Crippen LogP contribution is 2.35. The van der Waals surface area contributed by atoms with E-state index >= 15 is 0 Å². The molecule has 1 aliphatic rings. The first kappa shape index (κ1) is 12.2. The van der Waals surface area contributed by atoms with E-state index in [2.05, 4.69) is 4.98 Å². The molecule has 1 saturated heterocycles. The van der Waals surface area contributed by atoms with Crippen LogP contribution in [0.1, 0.15) is 58.0 Å². The number of hydrogen-bond donors (Lipinski definition) is 1. The van der Waals surface area contributed by atoms with Crippen molar-refractivity contribution < 1.29 is 19.4 Å². The number of aromatic nitrogens is 1. The molecule has 1 aromatic rings. The summed E-state index contributed by atoms with van der Waals surface area (Å²) < 4.78 is 5.62. The molecule has 1 N–H and O–H groups in total. The number of ketones is 1. The Morgan fingerprint density at radius 2 is 2.18 bits per heavy atom. The molecule has 0 bridgehead atoms. The summed E-state index contributed by atoms with van der Waals surface area (Å²) in [6.07, 6.45) is 1.76. The fourth-order valence-corrected chi connectivity index (χ4v) is 2.87.